The fourth-order valence-electron chi connectivity index (χ4n) is 4.36. The lowest BCUT2D eigenvalue weighted by Crippen LogP contribution is -2.46. The Hall–Kier alpha value is -1.44. The first-order chi connectivity index (χ1) is 14.7. The summed E-state index contributed by atoms with van der Waals surface area (Å²) in [6.45, 7) is 9.97. The fourth-order valence-corrected chi connectivity index (χ4v) is 6.06. The van der Waals surface area contributed by atoms with Gasteiger partial charge in [-0.2, -0.15) is 0 Å². The zero-order valence-electron chi connectivity index (χ0n) is 19.0. The summed E-state index contributed by atoms with van der Waals surface area (Å²) in [5.41, 5.74) is 0.908. The zero-order chi connectivity index (χ0) is 22.6. The van der Waals surface area contributed by atoms with E-state index in [-0.39, 0.29) is 37.1 Å². The molecule has 4 atom stereocenters. The van der Waals surface area contributed by atoms with E-state index in [4.69, 9.17) is 23.3 Å². The first-order valence-corrected chi connectivity index (χ1v) is 12.6. The van der Waals surface area contributed by atoms with Crippen molar-refractivity contribution in [2.75, 3.05) is 19.4 Å². The molecular formula is C22H34NO7P. The number of ether oxygens (including phenoxy) is 3. The first-order valence-electron chi connectivity index (χ1n) is 10.9. The number of benzene rings is 1. The third kappa shape index (κ3) is 5.68. The molecule has 0 saturated carbocycles. The van der Waals surface area contributed by atoms with E-state index in [9.17, 15) is 9.36 Å². The number of carbonyl (C=O) groups excluding carboxylic acids is 1. The van der Waals surface area contributed by atoms with Gasteiger partial charge >= 0.3 is 13.7 Å². The number of nitrogens with zero attached hydrogens (tertiary/aromatic N) is 1. The molecule has 174 valence electrons. The van der Waals surface area contributed by atoms with Gasteiger partial charge in [0.05, 0.1) is 31.5 Å². The maximum absolute atomic E-state index is 13.1. The standard InChI is InChI=1S/C22H34NO7P/c1-6-27-31(25,28-7-2)14-13-18-20-19(29-22(4,5)30-20)16(3)23(18)21(24)26-15-17-11-9-8-10-12-17/h8-12,16,18-20H,6-7,13-15H2,1-5H3/t16-,18-,19+,20-/m0/s1. The van der Waals surface area contributed by atoms with Crippen molar-refractivity contribution in [2.45, 2.75) is 77.7 Å². The van der Waals surface area contributed by atoms with Crippen molar-refractivity contribution < 1.29 is 32.6 Å². The number of hydrogen-bond donors (Lipinski definition) is 0. The molecule has 2 heterocycles. The van der Waals surface area contributed by atoms with Crippen LogP contribution < -0.4 is 0 Å². The fraction of sp³-hybridized carbons (Fsp3) is 0.682. The van der Waals surface area contributed by atoms with Gasteiger partial charge in [0.15, 0.2) is 5.79 Å². The van der Waals surface area contributed by atoms with Crippen LogP contribution in [0.1, 0.15) is 46.6 Å². The lowest BCUT2D eigenvalue weighted by atomic mass is 10.1. The van der Waals surface area contributed by atoms with Gasteiger partial charge in [-0.15, -0.1) is 0 Å². The molecule has 0 aromatic heterocycles. The molecule has 2 aliphatic heterocycles. The van der Waals surface area contributed by atoms with E-state index >= 15 is 0 Å². The Morgan fingerprint density at radius 2 is 1.71 bits per heavy atom. The Balaban J connectivity index is 1.75. The van der Waals surface area contributed by atoms with Gasteiger partial charge in [0, 0.05) is 0 Å². The Morgan fingerprint density at radius 3 is 2.32 bits per heavy atom. The lowest BCUT2D eigenvalue weighted by Gasteiger charge is -2.32. The van der Waals surface area contributed by atoms with Crippen LogP contribution in [0.2, 0.25) is 0 Å². The normalized spacial score (nSPS) is 27.3. The number of carbonyl (C=O) groups is 1. The highest BCUT2D eigenvalue weighted by Crippen LogP contribution is 2.50. The molecule has 0 unspecified atom stereocenters. The minimum Gasteiger partial charge on any atom is -0.445 e. The number of rotatable bonds is 9. The van der Waals surface area contributed by atoms with Crippen LogP contribution in [0.25, 0.3) is 0 Å². The number of amides is 1. The summed E-state index contributed by atoms with van der Waals surface area (Å²) < 4.78 is 41.7. The highest BCUT2D eigenvalue weighted by atomic mass is 31.2. The highest BCUT2D eigenvalue weighted by Gasteiger charge is 2.58. The molecule has 8 nitrogen and oxygen atoms in total. The topological polar surface area (TPSA) is 83.5 Å². The molecule has 2 aliphatic rings. The van der Waals surface area contributed by atoms with Gasteiger partial charge in [-0.1, -0.05) is 30.3 Å². The monoisotopic (exact) mass is 455 g/mol. The van der Waals surface area contributed by atoms with E-state index in [1.54, 1.807) is 18.7 Å². The van der Waals surface area contributed by atoms with E-state index in [0.717, 1.165) is 5.56 Å². The molecule has 0 spiro atoms. The molecule has 1 aromatic rings. The van der Waals surface area contributed by atoms with Gasteiger partial charge in [0.1, 0.15) is 18.8 Å². The van der Waals surface area contributed by atoms with Crippen molar-refractivity contribution >= 4 is 13.7 Å². The highest BCUT2D eigenvalue weighted by molar-refractivity contribution is 7.53. The molecule has 2 saturated heterocycles. The van der Waals surface area contributed by atoms with Crippen LogP contribution in [0, 0.1) is 0 Å². The van der Waals surface area contributed by atoms with Crippen LogP contribution in [0.4, 0.5) is 4.79 Å². The average Bonchev–Trinajstić information content (AvgIpc) is 3.17. The summed E-state index contributed by atoms with van der Waals surface area (Å²) >= 11 is 0. The van der Waals surface area contributed by atoms with Crippen LogP contribution in [-0.4, -0.2) is 60.4 Å². The predicted molar refractivity (Wildman–Crippen MR) is 116 cm³/mol. The van der Waals surface area contributed by atoms with Crippen LogP contribution in [0.15, 0.2) is 30.3 Å². The predicted octanol–water partition coefficient (Wildman–Crippen LogP) is 4.57. The lowest BCUT2D eigenvalue weighted by molar-refractivity contribution is -0.165. The molecule has 1 aromatic carbocycles. The van der Waals surface area contributed by atoms with Crippen molar-refractivity contribution in [1.29, 1.82) is 0 Å². The van der Waals surface area contributed by atoms with Gasteiger partial charge in [-0.05, 0) is 46.6 Å². The molecule has 0 bridgehead atoms. The second-order valence-corrected chi connectivity index (χ2v) is 10.5. The Kier molecular flexibility index (Phi) is 7.81. The molecule has 31 heavy (non-hydrogen) atoms. The Morgan fingerprint density at radius 1 is 1.10 bits per heavy atom. The number of fused-ring (bicyclic) bond motifs is 1. The largest absolute Gasteiger partial charge is 0.445 e. The minimum absolute atomic E-state index is 0.175. The third-order valence-electron chi connectivity index (χ3n) is 5.58. The summed E-state index contributed by atoms with van der Waals surface area (Å²) in [4.78, 5) is 14.7. The van der Waals surface area contributed by atoms with Crippen LogP contribution >= 0.6 is 7.60 Å². The van der Waals surface area contributed by atoms with Crippen molar-refractivity contribution in [3.63, 3.8) is 0 Å². The first kappa shape index (κ1) is 24.2. The maximum Gasteiger partial charge on any atom is 0.410 e. The molecule has 0 aliphatic carbocycles. The molecule has 3 rings (SSSR count). The van der Waals surface area contributed by atoms with Crippen LogP contribution in [0.3, 0.4) is 0 Å². The Bertz CT molecular complexity index is 777. The van der Waals surface area contributed by atoms with Gasteiger partial charge < -0.3 is 23.3 Å². The quantitative estimate of drug-likeness (QED) is 0.504. The summed E-state index contributed by atoms with van der Waals surface area (Å²) in [6.07, 6.45) is -0.498. The van der Waals surface area contributed by atoms with E-state index in [0.29, 0.717) is 19.6 Å². The second-order valence-electron chi connectivity index (χ2n) is 8.28. The van der Waals surface area contributed by atoms with Gasteiger partial charge in [-0.25, -0.2) is 4.79 Å². The minimum atomic E-state index is -3.26. The van der Waals surface area contributed by atoms with Crippen molar-refractivity contribution in [2.24, 2.45) is 0 Å². The zero-order valence-corrected chi connectivity index (χ0v) is 19.9. The van der Waals surface area contributed by atoms with Crippen LogP contribution in [0.5, 0.6) is 0 Å². The third-order valence-corrected chi connectivity index (χ3v) is 7.69. The molecule has 9 heteroatoms. The van der Waals surface area contributed by atoms with E-state index in [1.807, 2.05) is 51.1 Å². The van der Waals surface area contributed by atoms with Crippen molar-refractivity contribution in [3.05, 3.63) is 35.9 Å². The average molecular weight is 455 g/mol. The summed E-state index contributed by atoms with van der Waals surface area (Å²) in [6, 6.07) is 8.91. The molecule has 0 N–H and O–H groups in total. The van der Waals surface area contributed by atoms with Gasteiger partial charge in [0.2, 0.25) is 0 Å². The summed E-state index contributed by atoms with van der Waals surface area (Å²) in [5.74, 6) is -0.745. The maximum atomic E-state index is 13.1. The summed E-state index contributed by atoms with van der Waals surface area (Å²) in [7, 11) is -3.26. The van der Waals surface area contributed by atoms with E-state index < -0.39 is 19.5 Å². The number of likely N-dealkylation sites (tertiary alicyclic amines) is 1. The second kappa shape index (κ2) is 10.0. The SMILES string of the molecule is CCOP(=O)(CC[C@H]1[C@@H]2OC(C)(C)O[C@@H]2[C@H](C)N1C(=O)OCc1ccccc1)OCC. The molecule has 1 amide bonds. The van der Waals surface area contributed by atoms with Crippen molar-refractivity contribution in [3.8, 4) is 0 Å². The smallest absolute Gasteiger partial charge is 0.410 e. The molecule has 0 radical (unpaired) electrons. The van der Waals surface area contributed by atoms with Gasteiger partial charge in [0.25, 0.3) is 0 Å². The number of hydrogen-bond acceptors (Lipinski definition) is 7. The molecular weight excluding hydrogens is 421 g/mol. The van der Waals surface area contributed by atoms with E-state index in [2.05, 4.69) is 0 Å². The van der Waals surface area contributed by atoms with E-state index in [1.165, 1.54) is 0 Å². The van der Waals surface area contributed by atoms with Gasteiger partial charge in [-0.3, -0.25) is 9.46 Å². The molecule has 2 fully saturated rings. The van der Waals surface area contributed by atoms with Crippen LogP contribution in [-0.2, 0) is 34.4 Å². The van der Waals surface area contributed by atoms with Crippen molar-refractivity contribution in [1.82, 2.24) is 4.90 Å². The summed E-state index contributed by atoms with van der Waals surface area (Å²) in [5, 5.41) is 0. The Labute approximate surface area is 184 Å².